The zero-order valence-electron chi connectivity index (χ0n) is 11.2. The summed E-state index contributed by atoms with van der Waals surface area (Å²) < 4.78 is 81.8. The summed E-state index contributed by atoms with van der Waals surface area (Å²) in [4.78, 5) is 0. The molecule has 2 rings (SSSR count). The number of halogens is 6. The minimum Gasteiger partial charge on any atom is -0.496 e. The van der Waals surface area contributed by atoms with Crippen LogP contribution in [0, 0.1) is 0 Å². The molecule has 0 saturated carbocycles. The first kappa shape index (κ1) is 16.2. The molecule has 0 radical (unpaired) electrons. The van der Waals surface area contributed by atoms with Crippen LogP contribution in [0.5, 0.6) is 5.75 Å². The van der Waals surface area contributed by atoms with Gasteiger partial charge in [0.25, 0.3) is 0 Å². The summed E-state index contributed by atoms with van der Waals surface area (Å²) in [6, 6.07) is 7.19. The van der Waals surface area contributed by atoms with E-state index >= 15 is 0 Å². The number of ether oxygens (including phenoxy) is 1. The van der Waals surface area contributed by atoms with Gasteiger partial charge in [0.2, 0.25) is 0 Å². The zero-order chi connectivity index (χ0) is 16.5. The minimum absolute atomic E-state index is 0.0271. The quantitative estimate of drug-likeness (QED) is 0.673. The predicted octanol–water partition coefficient (Wildman–Crippen LogP) is 5.40. The third kappa shape index (κ3) is 3.18. The van der Waals surface area contributed by atoms with Crippen molar-refractivity contribution in [2.75, 3.05) is 7.11 Å². The summed E-state index contributed by atoms with van der Waals surface area (Å²) in [5.74, 6) is -0.384. The van der Waals surface area contributed by atoms with Crippen LogP contribution in [0.3, 0.4) is 0 Å². The molecule has 0 aromatic heterocycles. The van der Waals surface area contributed by atoms with Crippen molar-refractivity contribution in [2.24, 2.45) is 0 Å². The highest BCUT2D eigenvalue weighted by Crippen LogP contribution is 2.43. The first-order chi connectivity index (χ1) is 10.1. The van der Waals surface area contributed by atoms with Gasteiger partial charge in [-0.2, -0.15) is 26.3 Å². The van der Waals surface area contributed by atoms with Gasteiger partial charge in [-0.15, -0.1) is 0 Å². The molecule has 0 heterocycles. The van der Waals surface area contributed by atoms with Gasteiger partial charge in [0.15, 0.2) is 0 Å². The van der Waals surface area contributed by atoms with Crippen molar-refractivity contribution in [3.8, 4) is 16.9 Å². The highest BCUT2D eigenvalue weighted by Gasteiger charge is 2.37. The van der Waals surface area contributed by atoms with E-state index in [-0.39, 0.29) is 16.9 Å². The average molecular weight is 320 g/mol. The molecule has 118 valence electrons. The Morgan fingerprint density at radius 3 is 1.82 bits per heavy atom. The van der Waals surface area contributed by atoms with Crippen molar-refractivity contribution in [2.45, 2.75) is 12.4 Å². The van der Waals surface area contributed by atoms with Crippen molar-refractivity contribution in [1.82, 2.24) is 0 Å². The second-order valence-corrected chi connectivity index (χ2v) is 4.46. The Morgan fingerprint density at radius 1 is 0.773 bits per heavy atom. The molecule has 0 saturated heterocycles. The normalized spacial score (nSPS) is 12.3. The Bertz CT molecular complexity index is 655. The second-order valence-electron chi connectivity index (χ2n) is 4.46. The molecular formula is C15H10F6O. The first-order valence-corrected chi connectivity index (χ1v) is 6.06. The molecule has 0 spiro atoms. The van der Waals surface area contributed by atoms with Gasteiger partial charge in [0.05, 0.1) is 12.7 Å². The van der Waals surface area contributed by atoms with Gasteiger partial charge in [0, 0.05) is 0 Å². The summed E-state index contributed by atoms with van der Waals surface area (Å²) in [6.45, 7) is 0. The Labute approximate surface area is 122 Å². The predicted molar refractivity (Wildman–Crippen MR) is 68.4 cm³/mol. The summed E-state index contributed by atoms with van der Waals surface area (Å²) in [6.07, 6.45) is -9.23. The number of benzene rings is 2. The van der Waals surface area contributed by atoms with Crippen LogP contribution in [0.2, 0.25) is 0 Å². The van der Waals surface area contributed by atoms with E-state index in [1.165, 1.54) is 12.1 Å². The van der Waals surface area contributed by atoms with E-state index in [1.807, 2.05) is 0 Å². The van der Waals surface area contributed by atoms with Gasteiger partial charge in [-0.25, -0.2) is 0 Å². The van der Waals surface area contributed by atoms with Crippen LogP contribution in [0.4, 0.5) is 26.3 Å². The molecule has 7 heteroatoms. The molecule has 2 aromatic rings. The third-order valence-electron chi connectivity index (χ3n) is 3.05. The van der Waals surface area contributed by atoms with Crippen LogP contribution in [0.1, 0.15) is 11.1 Å². The van der Waals surface area contributed by atoms with E-state index < -0.39 is 23.5 Å². The third-order valence-corrected chi connectivity index (χ3v) is 3.05. The molecule has 0 fully saturated rings. The van der Waals surface area contributed by atoms with Crippen molar-refractivity contribution in [1.29, 1.82) is 0 Å². The van der Waals surface area contributed by atoms with Crippen molar-refractivity contribution < 1.29 is 31.1 Å². The number of rotatable bonds is 2. The van der Waals surface area contributed by atoms with Gasteiger partial charge in [-0.1, -0.05) is 24.3 Å². The summed E-state index contributed by atoms with van der Waals surface area (Å²) >= 11 is 0. The van der Waals surface area contributed by atoms with Gasteiger partial charge >= 0.3 is 12.4 Å². The lowest BCUT2D eigenvalue weighted by atomic mass is 9.97. The fourth-order valence-electron chi connectivity index (χ4n) is 2.07. The van der Waals surface area contributed by atoms with E-state index in [4.69, 9.17) is 4.74 Å². The minimum atomic E-state index is -4.69. The molecule has 0 unspecified atom stereocenters. The SMILES string of the molecule is COc1cccc(-c2ccc(C(F)(F)F)cc2)c1C(F)(F)F. The zero-order valence-corrected chi connectivity index (χ0v) is 11.2. The lowest BCUT2D eigenvalue weighted by molar-refractivity contribution is -0.139. The second kappa shape index (κ2) is 5.55. The molecule has 22 heavy (non-hydrogen) atoms. The van der Waals surface area contributed by atoms with Crippen LogP contribution < -0.4 is 4.74 Å². The van der Waals surface area contributed by atoms with E-state index in [1.54, 1.807) is 0 Å². The number of hydrogen-bond acceptors (Lipinski definition) is 1. The Hall–Kier alpha value is -2.18. The van der Waals surface area contributed by atoms with Crippen LogP contribution in [0.25, 0.3) is 11.1 Å². The van der Waals surface area contributed by atoms with E-state index in [9.17, 15) is 26.3 Å². The standard InChI is InChI=1S/C15H10F6O/c1-22-12-4-2-3-11(13(12)15(19,20)21)9-5-7-10(8-6-9)14(16,17)18/h2-8H,1H3. The van der Waals surface area contributed by atoms with Crippen LogP contribution in [-0.4, -0.2) is 7.11 Å². The number of hydrogen-bond donors (Lipinski definition) is 0. The monoisotopic (exact) mass is 320 g/mol. The van der Waals surface area contributed by atoms with Gasteiger partial charge in [-0.3, -0.25) is 0 Å². The van der Waals surface area contributed by atoms with Crippen LogP contribution in [-0.2, 0) is 12.4 Å². The highest BCUT2D eigenvalue weighted by molar-refractivity contribution is 5.71. The maximum Gasteiger partial charge on any atom is 0.420 e. The molecule has 0 aliphatic heterocycles. The molecule has 2 aromatic carbocycles. The van der Waals surface area contributed by atoms with E-state index in [0.29, 0.717) is 0 Å². The number of methoxy groups -OCH3 is 1. The largest absolute Gasteiger partial charge is 0.496 e. The van der Waals surface area contributed by atoms with Gasteiger partial charge in [-0.05, 0) is 29.3 Å². The Kier molecular flexibility index (Phi) is 4.08. The van der Waals surface area contributed by atoms with Crippen LogP contribution in [0.15, 0.2) is 42.5 Å². The maximum absolute atomic E-state index is 13.2. The lowest BCUT2D eigenvalue weighted by Crippen LogP contribution is -2.10. The average Bonchev–Trinajstić information content (AvgIpc) is 2.44. The fraction of sp³-hybridized carbons (Fsp3) is 0.200. The van der Waals surface area contributed by atoms with Crippen LogP contribution >= 0.6 is 0 Å². The molecular weight excluding hydrogens is 310 g/mol. The molecule has 0 aliphatic rings. The van der Waals surface area contributed by atoms with E-state index in [0.717, 1.165) is 37.4 Å². The lowest BCUT2D eigenvalue weighted by Gasteiger charge is -2.17. The van der Waals surface area contributed by atoms with Gasteiger partial charge < -0.3 is 4.74 Å². The Morgan fingerprint density at radius 2 is 1.36 bits per heavy atom. The van der Waals surface area contributed by atoms with Crippen molar-refractivity contribution >= 4 is 0 Å². The topological polar surface area (TPSA) is 9.23 Å². The van der Waals surface area contributed by atoms with Gasteiger partial charge in [0.1, 0.15) is 11.3 Å². The molecule has 1 nitrogen and oxygen atoms in total. The van der Waals surface area contributed by atoms with Crippen molar-refractivity contribution in [3.63, 3.8) is 0 Å². The maximum atomic E-state index is 13.2. The number of alkyl halides is 6. The van der Waals surface area contributed by atoms with E-state index in [2.05, 4.69) is 0 Å². The molecule has 0 atom stereocenters. The molecule has 0 N–H and O–H groups in total. The van der Waals surface area contributed by atoms with Crippen molar-refractivity contribution in [3.05, 3.63) is 53.6 Å². The summed E-state index contributed by atoms with van der Waals surface area (Å²) in [5.41, 5.74) is -2.15. The summed E-state index contributed by atoms with van der Waals surface area (Å²) in [5, 5.41) is 0. The smallest absolute Gasteiger partial charge is 0.420 e. The highest BCUT2D eigenvalue weighted by atomic mass is 19.4. The first-order valence-electron chi connectivity index (χ1n) is 6.06. The summed E-state index contributed by atoms with van der Waals surface area (Å²) in [7, 11) is 1.10. The molecule has 0 amide bonds. The fourth-order valence-corrected chi connectivity index (χ4v) is 2.07. The Balaban J connectivity index is 2.58. The molecule has 0 bridgehead atoms. The molecule has 0 aliphatic carbocycles.